The number of hydrogen-bond donors (Lipinski definition) is 3. The fourth-order valence-electron chi connectivity index (χ4n) is 6.59. The third-order valence-electron chi connectivity index (χ3n) is 9.00. The number of aromatic nitrogens is 5. The van der Waals surface area contributed by atoms with Gasteiger partial charge in [0.1, 0.15) is 17.7 Å². The van der Waals surface area contributed by atoms with Crippen LogP contribution in [0.15, 0.2) is 59.9 Å². The van der Waals surface area contributed by atoms with Gasteiger partial charge < -0.3 is 15.5 Å². The van der Waals surface area contributed by atoms with Crippen molar-refractivity contribution < 1.29 is 26.4 Å². The maximum Gasteiger partial charge on any atom is 0.317 e. The number of pyridine rings is 1. The highest BCUT2D eigenvalue weighted by Gasteiger charge is 2.30. The van der Waals surface area contributed by atoms with Crippen molar-refractivity contribution >= 4 is 32.8 Å². The number of carbonyl (C=O) groups excluding carboxylic acids is 1. The van der Waals surface area contributed by atoms with E-state index in [9.17, 15) is 17.6 Å². The molecule has 1 saturated heterocycles. The standard InChI is InChI=1S/C33H33F3N8O3S/c1-19-7-9-23(10-8-19)48(46,47)44-17-26(24-13-20(34)14-27(35)30(24)44)29-25(31-37-18-38-42-31)16-28(36)32(41-29)39-21-5-4-6-22(15-21)40-33(45)43-11-2-3-12-43/h7-10,13-14,16-18,21-22H,2-6,11-12,15H2,1H3,(H,39,41)(H,40,45)(H,37,38,42). The van der Waals surface area contributed by atoms with Crippen molar-refractivity contribution in [3.05, 3.63) is 78.0 Å². The fourth-order valence-corrected chi connectivity index (χ4v) is 7.97. The highest BCUT2D eigenvalue weighted by molar-refractivity contribution is 7.90. The average molecular weight is 679 g/mol. The topological polar surface area (TPSA) is 138 Å². The molecule has 5 aromatic rings. The lowest BCUT2D eigenvalue weighted by Gasteiger charge is -2.32. The Morgan fingerprint density at radius 3 is 2.44 bits per heavy atom. The Bertz CT molecular complexity index is 2100. The first-order chi connectivity index (χ1) is 23.1. The lowest BCUT2D eigenvalue weighted by molar-refractivity contribution is 0.199. The van der Waals surface area contributed by atoms with Crippen molar-refractivity contribution in [2.24, 2.45) is 0 Å². The van der Waals surface area contributed by atoms with Crippen LogP contribution < -0.4 is 10.6 Å². The van der Waals surface area contributed by atoms with E-state index >= 15 is 8.78 Å². The fraction of sp³-hybridized carbons (Fsp3) is 0.333. The van der Waals surface area contributed by atoms with Crippen LogP contribution in [0.1, 0.15) is 44.1 Å². The molecule has 2 fully saturated rings. The minimum atomic E-state index is -4.37. The van der Waals surface area contributed by atoms with Crippen LogP contribution in [0.4, 0.5) is 23.8 Å². The summed E-state index contributed by atoms with van der Waals surface area (Å²) in [7, 11) is -4.37. The number of anilines is 1. The molecule has 1 aliphatic heterocycles. The molecule has 4 heterocycles. The lowest BCUT2D eigenvalue weighted by Crippen LogP contribution is -2.47. The van der Waals surface area contributed by atoms with Gasteiger partial charge in [0, 0.05) is 53.9 Å². The van der Waals surface area contributed by atoms with Gasteiger partial charge in [-0.15, -0.1) is 0 Å². The molecule has 2 aromatic carbocycles. The van der Waals surface area contributed by atoms with Crippen LogP contribution in [0, 0.1) is 24.4 Å². The summed E-state index contributed by atoms with van der Waals surface area (Å²) in [5.41, 5.74) is 0.600. The molecule has 0 spiro atoms. The summed E-state index contributed by atoms with van der Waals surface area (Å²) in [5.74, 6) is -2.77. The van der Waals surface area contributed by atoms with E-state index in [1.165, 1.54) is 24.5 Å². The molecule has 11 nitrogen and oxygen atoms in total. The molecule has 2 amide bonds. The smallest absolute Gasteiger partial charge is 0.317 e. The molecule has 3 N–H and O–H groups in total. The third-order valence-corrected chi connectivity index (χ3v) is 10.7. The lowest BCUT2D eigenvalue weighted by atomic mass is 9.91. The molecule has 15 heteroatoms. The number of nitrogens with one attached hydrogen (secondary N) is 3. The molecule has 1 aliphatic carbocycles. The summed E-state index contributed by atoms with van der Waals surface area (Å²) < 4.78 is 74.6. The molecule has 2 atom stereocenters. The number of rotatable bonds is 7. The van der Waals surface area contributed by atoms with Gasteiger partial charge in [-0.05, 0) is 69.7 Å². The molecule has 250 valence electrons. The van der Waals surface area contributed by atoms with Gasteiger partial charge in [-0.25, -0.2) is 40.3 Å². The van der Waals surface area contributed by atoms with Gasteiger partial charge in [-0.2, -0.15) is 5.10 Å². The van der Waals surface area contributed by atoms with Crippen molar-refractivity contribution in [3.8, 4) is 22.6 Å². The molecular weight excluding hydrogens is 645 g/mol. The van der Waals surface area contributed by atoms with Crippen molar-refractivity contribution in [2.75, 3.05) is 18.4 Å². The summed E-state index contributed by atoms with van der Waals surface area (Å²) in [4.78, 5) is 23.2. The van der Waals surface area contributed by atoms with E-state index in [-0.39, 0.29) is 62.4 Å². The Morgan fingerprint density at radius 2 is 1.71 bits per heavy atom. The number of H-pyrrole nitrogens is 1. The van der Waals surface area contributed by atoms with E-state index in [1.54, 1.807) is 24.0 Å². The number of nitrogens with zero attached hydrogens (tertiary/aromatic N) is 5. The van der Waals surface area contributed by atoms with Crippen LogP contribution in [0.5, 0.6) is 0 Å². The molecule has 0 radical (unpaired) electrons. The van der Waals surface area contributed by atoms with Crippen molar-refractivity contribution in [2.45, 2.75) is 62.4 Å². The van der Waals surface area contributed by atoms with Crippen LogP contribution in [-0.4, -0.2) is 68.7 Å². The van der Waals surface area contributed by atoms with Crippen LogP contribution >= 0.6 is 0 Å². The summed E-state index contributed by atoms with van der Waals surface area (Å²) in [6, 6.07) is 8.38. The van der Waals surface area contributed by atoms with Crippen molar-refractivity contribution in [1.29, 1.82) is 0 Å². The maximum absolute atomic E-state index is 15.8. The van der Waals surface area contributed by atoms with Gasteiger partial charge in [-0.3, -0.25) is 5.10 Å². The van der Waals surface area contributed by atoms with Crippen LogP contribution in [0.25, 0.3) is 33.5 Å². The number of urea groups is 1. The maximum atomic E-state index is 15.8. The zero-order valence-corrected chi connectivity index (χ0v) is 26.8. The minimum Gasteiger partial charge on any atom is -0.365 e. The van der Waals surface area contributed by atoms with Gasteiger partial charge in [0.2, 0.25) is 0 Å². The Hall–Kier alpha value is -4.92. The Balaban J connectivity index is 1.31. The van der Waals surface area contributed by atoms with Crippen LogP contribution in [0.2, 0.25) is 0 Å². The zero-order valence-electron chi connectivity index (χ0n) is 26.0. The Morgan fingerprint density at radius 1 is 0.958 bits per heavy atom. The number of likely N-dealkylation sites (tertiary alicyclic amines) is 1. The Labute approximate surface area is 274 Å². The summed E-state index contributed by atoms with van der Waals surface area (Å²) in [6.45, 7) is 3.26. The predicted octanol–water partition coefficient (Wildman–Crippen LogP) is 5.98. The SMILES string of the molecule is Cc1ccc(S(=O)(=O)n2cc(-c3nc(NC4CCCC(NC(=O)N5CCCC5)C4)c(F)cc3-c3ncn[nH]3)c3cc(F)cc(F)c32)cc1. The number of fused-ring (bicyclic) bond motifs is 1. The van der Waals surface area contributed by atoms with E-state index in [0.717, 1.165) is 60.6 Å². The zero-order chi connectivity index (χ0) is 33.6. The number of aryl methyl sites for hydroxylation is 1. The van der Waals surface area contributed by atoms with E-state index in [0.29, 0.717) is 18.9 Å². The van der Waals surface area contributed by atoms with E-state index in [2.05, 4.69) is 30.8 Å². The minimum absolute atomic E-state index is 0.0261. The molecule has 2 aliphatic rings. The molecule has 1 saturated carbocycles. The second-order valence-corrected chi connectivity index (χ2v) is 14.2. The first-order valence-electron chi connectivity index (χ1n) is 15.8. The summed E-state index contributed by atoms with van der Waals surface area (Å²) >= 11 is 0. The van der Waals surface area contributed by atoms with Gasteiger partial charge in [0.25, 0.3) is 10.0 Å². The quantitative estimate of drug-likeness (QED) is 0.193. The number of amides is 2. The van der Waals surface area contributed by atoms with E-state index in [1.807, 2.05) is 0 Å². The summed E-state index contributed by atoms with van der Waals surface area (Å²) in [5, 5.41) is 12.7. The van der Waals surface area contributed by atoms with Gasteiger partial charge in [0.15, 0.2) is 23.3 Å². The van der Waals surface area contributed by atoms with Crippen LogP contribution in [-0.2, 0) is 10.0 Å². The number of aromatic amines is 1. The summed E-state index contributed by atoms with van der Waals surface area (Å²) in [6.07, 6.45) is 7.14. The molecule has 7 rings (SSSR count). The van der Waals surface area contributed by atoms with Crippen molar-refractivity contribution in [1.82, 2.24) is 34.4 Å². The van der Waals surface area contributed by atoms with Crippen molar-refractivity contribution in [3.63, 3.8) is 0 Å². The predicted molar refractivity (Wildman–Crippen MR) is 173 cm³/mol. The average Bonchev–Trinajstić information content (AvgIpc) is 3.84. The normalized spacial score (nSPS) is 18.4. The number of halogens is 3. The third kappa shape index (κ3) is 5.98. The van der Waals surface area contributed by atoms with E-state index < -0.39 is 27.5 Å². The Kier molecular flexibility index (Phi) is 8.31. The number of carbonyl (C=O) groups is 1. The first-order valence-corrected chi connectivity index (χ1v) is 17.2. The monoisotopic (exact) mass is 678 g/mol. The second-order valence-electron chi connectivity index (χ2n) is 12.3. The highest BCUT2D eigenvalue weighted by atomic mass is 32.2. The highest BCUT2D eigenvalue weighted by Crippen LogP contribution is 2.39. The molecule has 3 aromatic heterocycles. The van der Waals surface area contributed by atoms with Gasteiger partial charge in [-0.1, -0.05) is 17.7 Å². The van der Waals surface area contributed by atoms with Crippen LogP contribution in [0.3, 0.4) is 0 Å². The van der Waals surface area contributed by atoms with Gasteiger partial charge >= 0.3 is 6.03 Å². The van der Waals surface area contributed by atoms with Gasteiger partial charge in [0.05, 0.1) is 10.6 Å². The molecule has 48 heavy (non-hydrogen) atoms. The molecular formula is C33H33F3N8O3S. The number of benzene rings is 2. The van der Waals surface area contributed by atoms with E-state index in [4.69, 9.17) is 0 Å². The molecule has 0 bridgehead atoms. The first kappa shape index (κ1) is 31.7. The largest absolute Gasteiger partial charge is 0.365 e. The number of hydrogen-bond acceptors (Lipinski definition) is 7. The second kappa shape index (κ2) is 12.6. The molecule has 2 unspecified atom stereocenters.